The van der Waals surface area contributed by atoms with E-state index in [9.17, 15) is 19.7 Å². The zero-order chi connectivity index (χ0) is 18.8. The van der Waals surface area contributed by atoms with Crippen molar-refractivity contribution in [3.05, 3.63) is 33.3 Å². The van der Waals surface area contributed by atoms with Crippen LogP contribution in [0.4, 0.5) is 11.4 Å². The molecule has 0 bridgehead atoms. The number of nitrogens with zero attached hydrogens (tertiary/aromatic N) is 2. The lowest BCUT2D eigenvalue weighted by molar-refractivity contribution is -0.384. The molecule has 136 valence electrons. The number of hydrazone groups is 1. The Morgan fingerprint density at radius 2 is 1.92 bits per heavy atom. The lowest BCUT2D eigenvalue weighted by Gasteiger charge is -2.08. The number of carbonyl (C=O) groups excluding carboxylic acids is 2. The number of carbonyl (C=O) groups is 2. The summed E-state index contributed by atoms with van der Waals surface area (Å²) < 4.78 is 9.65. The Morgan fingerprint density at radius 3 is 2.52 bits per heavy atom. The molecule has 0 saturated heterocycles. The largest absolute Gasteiger partial charge is 0.466 e. The first-order chi connectivity index (χ1) is 11.9. The smallest absolute Gasteiger partial charge is 0.354 e. The maximum absolute atomic E-state index is 11.9. The minimum atomic E-state index is -0.732. The maximum Gasteiger partial charge on any atom is 0.354 e. The van der Waals surface area contributed by atoms with Crippen LogP contribution in [-0.2, 0) is 19.1 Å². The van der Waals surface area contributed by atoms with Gasteiger partial charge in [-0.15, -0.1) is 0 Å². The molecule has 0 fully saturated rings. The third-order valence-corrected chi connectivity index (χ3v) is 3.08. The summed E-state index contributed by atoms with van der Waals surface area (Å²) in [5.41, 5.74) is 2.09. The van der Waals surface area contributed by atoms with E-state index in [2.05, 4.69) is 10.5 Å². The van der Waals surface area contributed by atoms with Crippen molar-refractivity contribution in [2.45, 2.75) is 26.7 Å². The van der Waals surface area contributed by atoms with Gasteiger partial charge >= 0.3 is 11.9 Å². The van der Waals surface area contributed by atoms with Crippen LogP contribution in [0.5, 0.6) is 0 Å². The van der Waals surface area contributed by atoms with E-state index in [1.165, 1.54) is 18.2 Å². The van der Waals surface area contributed by atoms with Crippen LogP contribution >= 0.6 is 11.6 Å². The summed E-state index contributed by atoms with van der Waals surface area (Å²) in [5.74, 6) is -1.22. The Labute approximate surface area is 149 Å². The SMILES string of the molecule is CCOC(=O)CC/C(=N\Nc1cc(Cl)ccc1[N+](=O)[O-])C(=O)OCC. The van der Waals surface area contributed by atoms with Crippen molar-refractivity contribution in [2.24, 2.45) is 5.10 Å². The van der Waals surface area contributed by atoms with Gasteiger partial charge in [-0.3, -0.25) is 20.3 Å². The van der Waals surface area contributed by atoms with Gasteiger partial charge < -0.3 is 9.47 Å². The fourth-order valence-electron chi connectivity index (χ4n) is 1.76. The van der Waals surface area contributed by atoms with E-state index in [0.717, 1.165) is 0 Å². The number of rotatable bonds is 9. The zero-order valence-corrected chi connectivity index (χ0v) is 14.5. The number of halogens is 1. The Hall–Kier alpha value is -2.68. The molecule has 0 heterocycles. The predicted molar refractivity (Wildman–Crippen MR) is 91.7 cm³/mol. The molecule has 9 nitrogen and oxygen atoms in total. The lowest BCUT2D eigenvalue weighted by atomic mass is 10.2. The van der Waals surface area contributed by atoms with E-state index in [1.807, 2.05) is 0 Å². The lowest BCUT2D eigenvalue weighted by Crippen LogP contribution is -2.20. The van der Waals surface area contributed by atoms with Gasteiger partial charge in [-0.2, -0.15) is 5.10 Å². The van der Waals surface area contributed by atoms with Crippen LogP contribution in [0.25, 0.3) is 0 Å². The summed E-state index contributed by atoms with van der Waals surface area (Å²) in [6.07, 6.45) is -0.121. The van der Waals surface area contributed by atoms with E-state index in [1.54, 1.807) is 13.8 Å². The van der Waals surface area contributed by atoms with E-state index in [-0.39, 0.29) is 48.2 Å². The van der Waals surface area contributed by atoms with Gasteiger partial charge in [0.1, 0.15) is 11.4 Å². The molecule has 25 heavy (non-hydrogen) atoms. The van der Waals surface area contributed by atoms with Crippen molar-refractivity contribution in [3.8, 4) is 0 Å². The monoisotopic (exact) mass is 371 g/mol. The van der Waals surface area contributed by atoms with Crippen molar-refractivity contribution < 1.29 is 24.0 Å². The molecular formula is C15H18ClN3O6. The van der Waals surface area contributed by atoms with Crippen molar-refractivity contribution in [1.29, 1.82) is 0 Å². The summed E-state index contributed by atoms with van der Waals surface area (Å²) >= 11 is 5.82. The highest BCUT2D eigenvalue weighted by Crippen LogP contribution is 2.27. The van der Waals surface area contributed by atoms with Crippen molar-refractivity contribution >= 4 is 40.6 Å². The molecule has 0 amide bonds. The summed E-state index contributed by atoms with van der Waals surface area (Å²) in [7, 11) is 0. The Kier molecular flexibility index (Phi) is 8.34. The molecule has 1 aromatic carbocycles. The second-order valence-corrected chi connectivity index (χ2v) is 5.05. The number of ether oxygens (including phenoxy) is 2. The third-order valence-electron chi connectivity index (χ3n) is 2.85. The topological polar surface area (TPSA) is 120 Å². The number of benzene rings is 1. The zero-order valence-electron chi connectivity index (χ0n) is 13.8. The molecule has 0 aliphatic heterocycles. The maximum atomic E-state index is 11.9. The van der Waals surface area contributed by atoms with Crippen LogP contribution in [0.15, 0.2) is 23.3 Å². The molecule has 0 saturated carbocycles. The Balaban J connectivity index is 2.98. The average molecular weight is 372 g/mol. The number of nitro benzene ring substituents is 1. The number of esters is 2. The summed E-state index contributed by atoms with van der Waals surface area (Å²) in [6, 6.07) is 3.88. The molecule has 0 spiro atoms. The summed E-state index contributed by atoms with van der Waals surface area (Å²) in [4.78, 5) is 33.8. The number of hydrogen-bond acceptors (Lipinski definition) is 8. The van der Waals surface area contributed by atoms with E-state index in [4.69, 9.17) is 21.1 Å². The highest BCUT2D eigenvalue weighted by Gasteiger charge is 2.18. The first-order valence-electron chi connectivity index (χ1n) is 7.48. The minimum absolute atomic E-state index is 0.00966. The molecule has 1 rings (SSSR count). The number of hydrogen-bond donors (Lipinski definition) is 1. The van der Waals surface area contributed by atoms with E-state index < -0.39 is 16.9 Å². The van der Waals surface area contributed by atoms with Gasteiger partial charge in [0.15, 0.2) is 0 Å². The van der Waals surface area contributed by atoms with Gasteiger partial charge in [-0.1, -0.05) is 11.6 Å². The van der Waals surface area contributed by atoms with E-state index >= 15 is 0 Å². The molecule has 0 radical (unpaired) electrons. The Bertz CT molecular complexity index is 677. The standard InChI is InChI=1S/C15H18ClN3O6/c1-3-24-14(20)8-6-11(15(21)25-4-2)17-18-12-9-10(16)5-7-13(12)19(22)23/h5,7,9,18H,3-4,6,8H2,1-2H3/b17-11+. The van der Waals surface area contributed by atoms with Gasteiger partial charge in [0, 0.05) is 17.5 Å². The average Bonchev–Trinajstić information content (AvgIpc) is 2.55. The van der Waals surface area contributed by atoms with Gasteiger partial charge in [0.25, 0.3) is 5.69 Å². The second-order valence-electron chi connectivity index (χ2n) is 4.61. The normalized spacial score (nSPS) is 10.9. The highest BCUT2D eigenvalue weighted by molar-refractivity contribution is 6.36. The fraction of sp³-hybridized carbons (Fsp3) is 0.400. The van der Waals surface area contributed by atoms with Crippen LogP contribution < -0.4 is 5.43 Å². The van der Waals surface area contributed by atoms with Crippen molar-refractivity contribution in [3.63, 3.8) is 0 Å². The van der Waals surface area contributed by atoms with Crippen molar-refractivity contribution in [2.75, 3.05) is 18.6 Å². The summed E-state index contributed by atoms with van der Waals surface area (Å²) in [5, 5.41) is 15.1. The number of anilines is 1. The fourth-order valence-corrected chi connectivity index (χ4v) is 1.93. The van der Waals surface area contributed by atoms with Crippen molar-refractivity contribution in [1.82, 2.24) is 0 Å². The number of nitro groups is 1. The Morgan fingerprint density at radius 1 is 1.24 bits per heavy atom. The molecule has 0 aliphatic carbocycles. The molecule has 0 aromatic heterocycles. The molecule has 10 heteroatoms. The minimum Gasteiger partial charge on any atom is -0.466 e. The van der Waals surface area contributed by atoms with Crippen LogP contribution in [0.2, 0.25) is 5.02 Å². The van der Waals surface area contributed by atoms with Gasteiger partial charge in [-0.25, -0.2) is 4.79 Å². The van der Waals surface area contributed by atoms with Crippen LogP contribution in [0.3, 0.4) is 0 Å². The quantitative estimate of drug-likeness (QED) is 0.306. The molecule has 1 N–H and O–H groups in total. The highest BCUT2D eigenvalue weighted by atomic mass is 35.5. The molecular weight excluding hydrogens is 354 g/mol. The van der Waals surface area contributed by atoms with Crippen LogP contribution in [0, 0.1) is 10.1 Å². The number of nitrogens with one attached hydrogen (secondary N) is 1. The third kappa shape index (κ3) is 6.76. The predicted octanol–water partition coefficient (Wildman–Crippen LogP) is 2.92. The van der Waals surface area contributed by atoms with E-state index in [0.29, 0.717) is 0 Å². The molecule has 0 aliphatic rings. The van der Waals surface area contributed by atoms with Gasteiger partial charge in [0.05, 0.1) is 24.6 Å². The first kappa shape index (κ1) is 20.4. The summed E-state index contributed by atoms with van der Waals surface area (Å²) in [6.45, 7) is 3.63. The first-order valence-corrected chi connectivity index (χ1v) is 7.86. The molecule has 0 atom stereocenters. The van der Waals surface area contributed by atoms with Crippen LogP contribution in [-0.4, -0.2) is 35.8 Å². The molecule has 1 aromatic rings. The van der Waals surface area contributed by atoms with Gasteiger partial charge in [0.2, 0.25) is 0 Å². The second kappa shape index (κ2) is 10.2. The van der Waals surface area contributed by atoms with Crippen LogP contribution in [0.1, 0.15) is 26.7 Å². The molecule has 0 unspecified atom stereocenters. The van der Waals surface area contributed by atoms with Gasteiger partial charge in [-0.05, 0) is 26.0 Å².